The molecule has 0 spiro atoms. The maximum absolute atomic E-state index is 5.44. The maximum Gasteiger partial charge on any atom is 0.231 e. The van der Waals surface area contributed by atoms with Crippen LogP contribution in [0.4, 0.5) is 0 Å². The highest BCUT2D eigenvalue weighted by Crippen LogP contribution is 2.38. The number of ether oxygens (including phenoxy) is 2. The molecule has 0 amide bonds. The van der Waals surface area contributed by atoms with Crippen LogP contribution in [-0.2, 0) is 6.42 Å². The molecule has 1 aliphatic rings. The van der Waals surface area contributed by atoms with Gasteiger partial charge >= 0.3 is 0 Å². The molecule has 0 aromatic heterocycles. The Hall–Kier alpha value is -1.18. The predicted molar refractivity (Wildman–Crippen MR) is 51.3 cm³/mol. The molecule has 0 fully saturated rings. The Morgan fingerprint density at radius 2 is 2.00 bits per heavy atom. The summed E-state index contributed by atoms with van der Waals surface area (Å²) in [6.07, 6.45) is 2.20. The number of rotatable bonds is 2. The fourth-order valence-corrected chi connectivity index (χ4v) is 1.65. The van der Waals surface area contributed by atoms with Crippen molar-refractivity contribution in [2.24, 2.45) is 0 Å². The van der Waals surface area contributed by atoms with E-state index < -0.39 is 0 Å². The van der Waals surface area contributed by atoms with E-state index in [1.165, 1.54) is 5.56 Å². The molecule has 0 bridgehead atoms. The summed E-state index contributed by atoms with van der Waals surface area (Å²) in [4.78, 5) is 0. The molecule has 13 heavy (non-hydrogen) atoms. The number of hydrogen-bond donors (Lipinski definition) is 0. The molecule has 0 unspecified atom stereocenters. The zero-order valence-corrected chi connectivity index (χ0v) is 8.09. The summed E-state index contributed by atoms with van der Waals surface area (Å²) >= 11 is 0. The van der Waals surface area contributed by atoms with Gasteiger partial charge in [-0.1, -0.05) is 25.5 Å². The first-order valence-corrected chi connectivity index (χ1v) is 4.71. The second kappa shape index (κ2) is 3.29. The van der Waals surface area contributed by atoms with Gasteiger partial charge in [0.2, 0.25) is 6.79 Å². The van der Waals surface area contributed by atoms with Gasteiger partial charge in [-0.3, -0.25) is 0 Å². The third-order valence-corrected chi connectivity index (χ3v) is 2.32. The van der Waals surface area contributed by atoms with Gasteiger partial charge in [-0.25, -0.2) is 0 Å². The average molecular weight is 178 g/mol. The Bertz CT molecular complexity index is 318. The summed E-state index contributed by atoms with van der Waals surface area (Å²) in [5, 5.41) is 0. The second-order valence-electron chi connectivity index (χ2n) is 3.36. The van der Waals surface area contributed by atoms with Gasteiger partial charge in [0.1, 0.15) is 0 Å². The summed E-state index contributed by atoms with van der Waals surface area (Å²) in [7, 11) is 0. The van der Waals surface area contributed by atoms with Gasteiger partial charge in [-0.2, -0.15) is 0 Å². The SMILES string of the molecule is CCCc1ccc(C)c2c1OCO2. The molecule has 0 saturated heterocycles. The van der Waals surface area contributed by atoms with Gasteiger partial charge in [0.15, 0.2) is 11.5 Å². The summed E-state index contributed by atoms with van der Waals surface area (Å²) in [5.74, 6) is 1.90. The van der Waals surface area contributed by atoms with E-state index in [4.69, 9.17) is 9.47 Å². The average Bonchev–Trinajstić information content (AvgIpc) is 2.59. The normalized spacial score (nSPS) is 13.4. The van der Waals surface area contributed by atoms with Crippen LogP contribution in [0.5, 0.6) is 11.5 Å². The van der Waals surface area contributed by atoms with E-state index >= 15 is 0 Å². The van der Waals surface area contributed by atoms with E-state index in [1.807, 2.05) is 6.92 Å². The van der Waals surface area contributed by atoms with Gasteiger partial charge in [0.25, 0.3) is 0 Å². The number of benzene rings is 1. The molecule has 1 aromatic carbocycles. The van der Waals surface area contributed by atoms with Crippen LogP contribution >= 0.6 is 0 Å². The zero-order chi connectivity index (χ0) is 9.26. The largest absolute Gasteiger partial charge is 0.453 e. The van der Waals surface area contributed by atoms with Crippen LogP contribution in [0.15, 0.2) is 12.1 Å². The second-order valence-corrected chi connectivity index (χ2v) is 3.36. The molecular weight excluding hydrogens is 164 g/mol. The summed E-state index contributed by atoms with van der Waals surface area (Å²) in [6, 6.07) is 4.23. The molecular formula is C11H14O2. The number of fused-ring (bicyclic) bond motifs is 1. The van der Waals surface area contributed by atoms with Gasteiger partial charge in [-0.15, -0.1) is 0 Å². The lowest BCUT2D eigenvalue weighted by molar-refractivity contribution is 0.172. The third-order valence-electron chi connectivity index (χ3n) is 2.32. The van der Waals surface area contributed by atoms with Crippen LogP contribution in [0.1, 0.15) is 24.5 Å². The molecule has 1 aromatic rings. The fraction of sp³-hybridized carbons (Fsp3) is 0.455. The van der Waals surface area contributed by atoms with E-state index in [2.05, 4.69) is 19.1 Å². The van der Waals surface area contributed by atoms with E-state index in [-0.39, 0.29) is 0 Å². The lowest BCUT2D eigenvalue weighted by Gasteiger charge is -2.05. The van der Waals surface area contributed by atoms with Crippen LogP contribution < -0.4 is 9.47 Å². The summed E-state index contributed by atoms with van der Waals surface area (Å²) in [6.45, 7) is 4.59. The summed E-state index contributed by atoms with van der Waals surface area (Å²) in [5.41, 5.74) is 2.42. The molecule has 0 saturated carbocycles. The molecule has 1 heterocycles. The Morgan fingerprint density at radius 1 is 1.23 bits per heavy atom. The lowest BCUT2D eigenvalue weighted by atomic mass is 10.1. The topological polar surface area (TPSA) is 18.5 Å². The highest BCUT2D eigenvalue weighted by atomic mass is 16.7. The van der Waals surface area contributed by atoms with Crippen molar-refractivity contribution >= 4 is 0 Å². The Morgan fingerprint density at radius 3 is 2.77 bits per heavy atom. The van der Waals surface area contributed by atoms with Crippen LogP contribution in [0.25, 0.3) is 0 Å². The van der Waals surface area contributed by atoms with Crippen molar-refractivity contribution in [3.05, 3.63) is 23.3 Å². The smallest absolute Gasteiger partial charge is 0.231 e. The molecule has 2 rings (SSSR count). The van der Waals surface area contributed by atoms with Gasteiger partial charge in [0, 0.05) is 0 Å². The minimum Gasteiger partial charge on any atom is -0.453 e. The van der Waals surface area contributed by atoms with Crippen LogP contribution in [0.2, 0.25) is 0 Å². The van der Waals surface area contributed by atoms with Crippen molar-refractivity contribution < 1.29 is 9.47 Å². The van der Waals surface area contributed by atoms with Gasteiger partial charge in [-0.05, 0) is 24.5 Å². The van der Waals surface area contributed by atoms with E-state index in [1.54, 1.807) is 0 Å². The quantitative estimate of drug-likeness (QED) is 0.693. The van der Waals surface area contributed by atoms with Crippen molar-refractivity contribution in [1.29, 1.82) is 0 Å². The van der Waals surface area contributed by atoms with E-state index in [0.29, 0.717) is 6.79 Å². The Balaban J connectivity index is 2.43. The number of hydrogen-bond acceptors (Lipinski definition) is 2. The van der Waals surface area contributed by atoms with E-state index in [0.717, 1.165) is 29.9 Å². The molecule has 0 atom stereocenters. The van der Waals surface area contributed by atoms with Gasteiger partial charge in [0.05, 0.1) is 0 Å². The van der Waals surface area contributed by atoms with Crippen LogP contribution in [0.3, 0.4) is 0 Å². The van der Waals surface area contributed by atoms with Crippen molar-refractivity contribution in [2.45, 2.75) is 26.7 Å². The Labute approximate surface area is 78.5 Å². The van der Waals surface area contributed by atoms with Crippen molar-refractivity contribution in [1.82, 2.24) is 0 Å². The highest BCUT2D eigenvalue weighted by molar-refractivity contribution is 5.52. The first-order chi connectivity index (χ1) is 6.33. The zero-order valence-electron chi connectivity index (χ0n) is 8.09. The van der Waals surface area contributed by atoms with E-state index in [9.17, 15) is 0 Å². The van der Waals surface area contributed by atoms with Crippen LogP contribution in [0, 0.1) is 6.92 Å². The maximum atomic E-state index is 5.44. The molecule has 0 aliphatic carbocycles. The molecule has 70 valence electrons. The third kappa shape index (κ3) is 1.37. The minimum absolute atomic E-state index is 0.372. The molecule has 0 N–H and O–H groups in total. The van der Waals surface area contributed by atoms with Crippen molar-refractivity contribution in [3.63, 3.8) is 0 Å². The number of aryl methyl sites for hydroxylation is 2. The summed E-state index contributed by atoms with van der Waals surface area (Å²) < 4.78 is 10.8. The molecule has 1 aliphatic heterocycles. The van der Waals surface area contributed by atoms with Crippen molar-refractivity contribution in [3.8, 4) is 11.5 Å². The standard InChI is InChI=1S/C11H14O2/c1-3-4-9-6-5-8(2)10-11(9)13-7-12-10/h5-6H,3-4,7H2,1-2H3. The fourth-order valence-electron chi connectivity index (χ4n) is 1.65. The highest BCUT2D eigenvalue weighted by Gasteiger charge is 2.18. The first kappa shape index (κ1) is 8.42. The lowest BCUT2D eigenvalue weighted by Crippen LogP contribution is -1.94. The minimum atomic E-state index is 0.372. The van der Waals surface area contributed by atoms with Gasteiger partial charge < -0.3 is 9.47 Å². The Kier molecular flexibility index (Phi) is 2.13. The first-order valence-electron chi connectivity index (χ1n) is 4.71. The molecule has 2 nitrogen and oxygen atoms in total. The predicted octanol–water partition coefficient (Wildman–Crippen LogP) is 2.68. The monoisotopic (exact) mass is 178 g/mol. The van der Waals surface area contributed by atoms with Crippen molar-refractivity contribution in [2.75, 3.05) is 6.79 Å². The molecule has 2 heteroatoms. The van der Waals surface area contributed by atoms with Crippen LogP contribution in [-0.4, -0.2) is 6.79 Å². The molecule has 0 radical (unpaired) electrons.